The Morgan fingerprint density at radius 3 is 3.00 bits per heavy atom. The number of hydrogen-bond donors (Lipinski definition) is 0. The molecule has 3 unspecified atom stereocenters. The number of benzene rings is 1. The molecule has 2 aliphatic heterocycles. The van der Waals surface area contributed by atoms with Crippen molar-refractivity contribution in [1.82, 2.24) is 4.90 Å². The molecule has 0 aromatic heterocycles. The third kappa shape index (κ3) is 3.35. The molecule has 1 aromatic carbocycles. The average Bonchev–Trinajstić information content (AvgIpc) is 2.80. The second kappa shape index (κ2) is 6.17. The van der Waals surface area contributed by atoms with Gasteiger partial charge in [0.1, 0.15) is 0 Å². The monoisotopic (exact) mass is 341 g/mol. The van der Waals surface area contributed by atoms with Crippen LogP contribution in [0.4, 0.5) is 0 Å². The van der Waals surface area contributed by atoms with Crippen LogP contribution in [0.25, 0.3) is 0 Å². The third-order valence-electron chi connectivity index (χ3n) is 3.75. The van der Waals surface area contributed by atoms with Crippen LogP contribution in [0.1, 0.15) is 12.5 Å². The quantitative estimate of drug-likeness (QED) is 0.783. The molecule has 0 bridgehead atoms. The maximum atomic E-state index is 5.90. The molecule has 2 nitrogen and oxygen atoms in total. The van der Waals surface area contributed by atoms with E-state index < -0.39 is 0 Å². The molecule has 0 saturated carbocycles. The fraction of sp³-hybridized carbons (Fsp3) is 0.600. The summed E-state index contributed by atoms with van der Waals surface area (Å²) in [7, 11) is 0. The first kappa shape index (κ1) is 13.9. The van der Waals surface area contributed by atoms with Crippen molar-refractivity contribution in [1.29, 1.82) is 0 Å². The third-order valence-corrected chi connectivity index (χ3v) is 5.77. The van der Waals surface area contributed by atoms with Crippen molar-refractivity contribution in [2.45, 2.75) is 35.7 Å². The molecule has 0 amide bonds. The van der Waals surface area contributed by atoms with Crippen LogP contribution in [0.5, 0.6) is 0 Å². The Bertz CT molecular complexity index is 417. The smallest absolute Gasteiger partial charge is 0.0802 e. The predicted octanol–water partition coefficient (Wildman–Crippen LogP) is 3.19. The van der Waals surface area contributed by atoms with E-state index in [1.165, 1.54) is 23.4 Å². The second-order valence-electron chi connectivity index (χ2n) is 5.49. The number of fused-ring (bicyclic) bond motifs is 1. The van der Waals surface area contributed by atoms with E-state index in [2.05, 4.69) is 52.0 Å². The SMILES string of the molecule is CC1CN(CC2Cc3ccccc3S2)CC(CBr)O1. The number of alkyl halides is 1. The van der Waals surface area contributed by atoms with Gasteiger partial charge in [0.2, 0.25) is 0 Å². The number of halogens is 1. The first-order valence-electron chi connectivity index (χ1n) is 6.93. The van der Waals surface area contributed by atoms with Crippen LogP contribution in [0, 0.1) is 0 Å². The highest BCUT2D eigenvalue weighted by Gasteiger charge is 2.29. The van der Waals surface area contributed by atoms with E-state index in [4.69, 9.17) is 4.74 Å². The molecular formula is C15H20BrNOS. The molecule has 0 aliphatic carbocycles. The molecular weight excluding hydrogens is 322 g/mol. The Morgan fingerprint density at radius 2 is 2.21 bits per heavy atom. The van der Waals surface area contributed by atoms with E-state index in [1.54, 1.807) is 0 Å². The van der Waals surface area contributed by atoms with Crippen molar-refractivity contribution in [3.8, 4) is 0 Å². The largest absolute Gasteiger partial charge is 0.372 e. The predicted molar refractivity (Wildman–Crippen MR) is 84.4 cm³/mol. The van der Waals surface area contributed by atoms with Gasteiger partial charge in [0.15, 0.2) is 0 Å². The van der Waals surface area contributed by atoms with Gasteiger partial charge in [-0.25, -0.2) is 0 Å². The van der Waals surface area contributed by atoms with Crippen molar-refractivity contribution < 1.29 is 4.74 Å². The van der Waals surface area contributed by atoms with E-state index >= 15 is 0 Å². The van der Waals surface area contributed by atoms with Gasteiger partial charge >= 0.3 is 0 Å². The lowest BCUT2D eigenvalue weighted by Crippen LogP contribution is -2.49. The van der Waals surface area contributed by atoms with Gasteiger partial charge in [-0.3, -0.25) is 4.90 Å². The first-order valence-corrected chi connectivity index (χ1v) is 8.93. The van der Waals surface area contributed by atoms with Gasteiger partial charge < -0.3 is 4.74 Å². The standard InChI is InChI=1S/C15H20BrNOS/c1-11-8-17(9-13(7-16)18-11)10-14-6-12-4-2-3-5-15(12)19-14/h2-5,11,13-14H,6-10H2,1H3. The summed E-state index contributed by atoms with van der Waals surface area (Å²) in [5, 5.41) is 1.64. The van der Waals surface area contributed by atoms with E-state index in [-0.39, 0.29) is 0 Å². The Balaban J connectivity index is 1.58. The molecule has 0 radical (unpaired) electrons. The Kier molecular flexibility index (Phi) is 4.52. The Morgan fingerprint density at radius 1 is 1.37 bits per heavy atom. The highest BCUT2D eigenvalue weighted by atomic mass is 79.9. The summed E-state index contributed by atoms with van der Waals surface area (Å²) < 4.78 is 5.90. The van der Waals surface area contributed by atoms with Gasteiger partial charge in [-0.15, -0.1) is 11.8 Å². The molecule has 1 saturated heterocycles. The van der Waals surface area contributed by atoms with Crippen LogP contribution in [0.15, 0.2) is 29.2 Å². The van der Waals surface area contributed by atoms with Crippen LogP contribution in [-0.4, -0.2) is 47.3 Å². The van der Waals surface area contributed by atoms with Crippen molar-refractivity contribution in [3.05, 3.63) is 29.8 Å². The van der Waals surface area contributed by atoms with Crippen LogP contribution >= 0.6 is 27.7 Å². The molecule has 1 aromatic rings. The zero-order valence-corrected chi connectivity index (χ0v) is 13.6. The highest BCUT2D eigenvalue weighted by Crippen LogP contribution is 2.37. The molecule has 19 heavy (non-hydrogen) atoms. The number of nitrogens with zero attached hydrogens (tertiary/aromatic N) is 1. The summed E-state index contributed by atoms with van der Waals surface area (Å²) in [6.07, 6.45) is 1.91. The average molecular weight is 342 g/mol. The number of hydrogen-bond acceptors (Lipinski definition) is 3. The van der Waals surface area contributed by atoms with Crippen molar-refractivity contribution in [3.63, 3.8) is 0 Å². The van der Waals surface area contributed by atoms with Crippen LogP contribution in [0.3, 0.4) is 0 Å². The molecule has 3 rings (SSSR count). The molecule has 0 N–H and O–H groups in total. The molecule has 0 spiro atoms. The van der Waals surface area contributed by atoms with E-state index in [1.807, 2.05) is 11.8 Å². The summed E-state index contributed by atoms with van der Waals surface area (Å²) in [6.45, 7) is 5.48. The fourth-order valence-electron chi connectivity index (χ4n) is 3.02. The first-order chi connectivity index (χ1) is 9.24. The molecule has 104 valence electrons. The summed E-state index contributed by atoms with van der Waals surface area (Å²) in [4.78, 5) is 4.05. The topological polar surface area (TPSA) is 12.5 Å². The van der Waals surface area contributed by atoms with Crippen LogP contribution in [0.2, 0.25) is 0 Å². The second-order valence-corrected chi connectivity index (χ2v) is 7.48. The maximum absolute atomic E-state index is 5.90. The lowest BCUT2D eigenvalue weighted by Gasteiger charge is -2.37. The van der Waals surface area contributed by atoms with E-state index in [0.717, 1.165) is 18.4 Å². The van der Waals surface area contributed by atoms with Crippen molar-refractivity contribution in [2.75, 3.05) is 25.0 Å². The van der Waals surface area contributed by atoms with Crippen molar-refractivity contribution in [2.24, 2.45) is 0 Å². The van der Waals surface area contributed by atoms with Gasteiger partial charge in [-0.2, -0.15) is 0 Å². The normalized spacial score (nSPS) is 31.4. The minimum absolute atomic E-state index is 0.345. The molecule has 3 atom stereocenters. The van der Waals surface area contributed by atoms with Gasteiger partial charge in [0.05, 0.1) is 12.2 Å². The van der Waals surface area contributed by atoms with Crippen LogP contribution < -0.4 is 0 Å². The lowest BCUT2D eigenvalue weighted by atomic mass is 10.1. The van der Waals surface area contributed by atoms with E-state index in [0.29, 0.717) is 17.5 Å². The number of thioether (sulfide) groups is 1. The van der Waals surface area contributed by atoms with Gasteiger partial charge in [-0.1, -0.05) is 34.1 Å². The summed E-state index contributed by atoms with van der Waals surface area (Å²) in [5.41, 5.74) is 1.52. The summed E-state index contributed by atoms with van der Waals surface area (Å²) >= 11 is 5.59. The molecule has 1 fully saturated rings. The van der Waals surface area contributed by atoms with E-state index in [9.17, 15) is 0 Å². The lowest BCUT2D eigenvalue weighted by molar-refractivity contribution is -0.0648. The zero-order chi connectivity index (χ0) is 13.2. The summed E-state index contributed by atoms with van der Waals surface area (Å²) in [5.74, 6) is 0. The highest BCUT2D eigenvalue weighted by molar-refractivity contribution is 9.09. The molecule has 2 heterocycles. The summed E-state index contributed by atoms with van der Waals surface area (Å²) in [6, 6.07) is 8.82. The molecule has 2 aliphatic rings. The number of ether oxygens (including phenoxy) is 1. The van der Waals surface area contributed by atoms with Crippen LogP contribution in [-0.2, 0) is 11.2 Å². The minimum Gasteiger partial charge on any atom is -0.372 e. The number of rotatable bonds is 3. The van der Waals surface area contributed by atoms with Gasteiger partial charge in [0.25, 0.3) is 0 Å². The minimum atomic E-state index is 0.345. The Hall–Kier alpha value is -0.0300. The maximum Gasteiger partial charge on any atom is 0.0802 e. The zero-order valence-electron chi connectivity index (χ0n) is 11.2. The fourth-order valence-corrected chi connectivity index (χ4v) is 4.74. The molecule has 4 heteroatoms. The van der Waals surface area contributed by atoms with Gasteiger partial charge in [0, 0.05) is 35.1 Å². The Labute approximate surface area is 128 Å². The number of morpholine rings is 1. The van der Waals surface area contributed by atoms with Gasteiger partial charge in [-0.05, 0) is 25.0 Å². The van der Waals surface area contributed by atoms with Crippen molar-refractivity contribution >= 4 is 27.7 Å².